The van der Waals surface area contributed by atoms with Crippen molar-refractivity contribution in [2.45, 2.75) is 13.0 Å². The van der Waals surface area contributed by atoms with Crippen molar-refractivity contribution in [3.8, 4) is 5.69 Å². The number of rotatable bonds is 4. The Labute approximate surface area is 160 Å². The second-order valence-electron chi connectivity index (χ2n) is 6.14. The van der Waals surface area contributed by atoms with Crippen LogP contribution in [0.2, 0.25) is 5.02 Å². The van der Waals surface area contributed by atoms with Crippen LogP contribution >= 0.6 is 11.6 Å². The van der Waals surface area contributed by atoms with Gasteiger partial charge in [0.1, 0.15) is 5.82 Å². The fourth-order valence-electron chi connectivity index (χ4n) is 3.30. The number of benzene rings is 2. The van der Waals surface area contributed by atoms with E-state index in [9.17, 15) is 10.1 Å². The molecule has 0 unspecified atom stereocenters. The van der Waals surface area contributed by atoms with Gasteiger partial charge in [-0.1, -0.05) is 29.8 Å². The summed E-state index contributed by atoms with van der Waals surface area (Å²) in [5.41, 5.74) is 9.45. The van der Waals surface area contributed by atoms with Gasteiger partial charge in [0.2, 0.25) is 0 Å². The molecule has 0 radical (unpaired) electrons. The molecule has 8 heteroatoms. The monoisotopic (exact) mass is 381 g/mol. The Morgan fingerprint density at radius 2 is 2.04 bits per heavy atom. The maximum atomic E-state index is 11.4. The Balaban J connectivity index is 2.00. The van der Waals surface area contributed by atoms with E-state index in [4.69, 9.17) is 22.3 Å². The average molecular weight is 382 g/mol. The quantitative estimate of drug-likeness (QED) is 0.553. The lowest BCUT2D eigenvalue weighted by atomic mass is 9.99. The lowest BCUT2D eigenvalue weighted by Gasteiger charge is -2.14. The first kappa shape index (κ1) is 17.4. The molecule has 1 aliphatic heterocycles. The molecular formula is C19H16ClN5O2. The number of aromatic nitrogens is 2. The van der Waals surface area contributed by atoms with Crippen LogP contribution in [0, 0.1) is 10.1 Å². The Morgan fingerprint density at radius 3 is 2.78 bits per heavy atom. The van der Waals surface area contributed by atoms with E-state index >= 15 is 0 Å². The number of imidazole rings is 1. The number of aliphatic imine (C=N–C) groups is 1. The Hall–Kier alpha value is -3.03. The number of fused-ring (bicyclic) bond motifs is 3. The summed E-state index contributed by atoms with van der Waals surface area (Å²) in [5, 5.41) is 11.9. The minimum absolute atomic E-state index is 0.00237. The van der Waals surface area contributed by atoms with Crippen molar-refractivity contribution in [1.29, 1.82) is 0 Å². The molecular weight excluding hydrogens is 366 g/mol. The highest BCUT2D eigenvalue weighted by molar-refractivity contribution is 6.35. The summed E-state index contributed by atoms with van der Waals surface area (Å²) in [7, 11) is 0. The first-order valence-electron chi connectivity index (χ1n) is 8.44. The molecule has 27 heavy (non-hydrogen) atoms. The highest BCUT2D eigenvalue weighted by atomic mass is 35.5. The van der Waals surface area contributed by atoms with E-state index < -0.39 is 4.92 Å². The maximum Gasteiger partial charge on any atom is 0.270 e. The van der Waals surface area contributed by atoms with E-state index in [1.165, 1.54) is 6.07 Å². The summed E-state index contributed by atoms with van der Waals surface area (Å²) >= 11 is 6.39. The smallest absolute Gasteiger partial charge is 0.270 e. The molecule has 4 rings (SSSR count). The SMILES string of the molecule is NCCc1cnc2n1-c1ccc([N+](=O)[O-])cc1C(c1ccccc1Cl)=NC2. The second kappa shape index (κ2) is 6.94. The van der Waals surface area contributed by atoms with E-state index in [1.807, 2.05) is 22.8 Å². The van der Waals surface area contributed by atoms with Crippen molar-refractivity contribution >= 4 is 23.0 Å². The van der Waals surface area contributed by atoms with Crippen molar-refractivity contribution < 1.29 is 4.92 Å². The minimum atomic E-state index is -0.412. The lowest BCUT2D eigenvalue weighted by molar-refractivity contribution is -0.384. The molecule has 0 spiro atoms. The number of hydrogen-bond acceptors (Lipinski definition) is 5. The van der Waals surface area contributed by atoms with Gasteiger partial charge in [0.15, 0.2) is 0 Å². The number of nitrogens with zero attached hydrogens (tertiary/aromatic N) is 4. The van der Waals surface area contributed by atoms with Gasteiger partial charge < -0.3 is 5.73 Å². The number of nitrogens with two attached hydrogens (primary N) is 1. The van der Waals surface area contributed by atoms with Gasteiger partial charge in [-0.05, 0) is 18.7 Å². The van der Waals surface area contributed by atoms with Crippen LogP contribution < -0.4 is 5.73 Å². The molecule has 0 saturated heterocycles. The first-order chi connectivity index (χ1) is 13.1. The molecule has 0 bridgehead atoms. The minimum Gasteiger partial charge on any atom is -0.330 e. The van der Waals surface area contributed by atoms with Gasteiger partial charge in [-0.3, -0.25) is 19.7 Å². The summed E-state index contributed by atoms with van der Waals surface area (Å²) in [6.45, 7) is 0.819. The van der Waals surface area contributed by atoms with Crippen LogP contribution in [-0.4, -0.2) is 26.7 Å². The van der Waals surface area contributed by atoms with Gasteiger partial charge in [-0.25, -0.2) is 4.98 Å². The highest BCUT2D eigenvalue weighted by Gasteiger charge is 2.24. The van der Waals surface area contributed by atoms with Crippen LogP contribution in [0.3, 0.4) is 0 Å². The molecule has 1 aromatic heterocycles. The standard InChI is InChI=1S/C19H16ClN5O2/c20-16-4-2-1-3-14(16)19-15-9-12(25(26)27)5-6-17(15)24-13(7-8-21)10-22-18(24)11-23-19/h1-6,9-10H,7-8,11,21H2. The van der Waals surface area contributed by atoms with E-state index in [0.29, 0.717) is 35.8 Å². The molecule has 0 amide bonds. The molecule has 0 fully saturated rings. The number of nitro benzene ring substituents is 1. The van der Waals surface area contributed by atoms with Gasteiger partial charge in [0.25, 0.3) is 5.69 Å². The van der Waals surface area contributed by atoms with Crippen LogP contribution in [0.15, 0.2) is 53.7 Å². The van der Waals surface area contributed by atoms with Crippen LogP contribution in [0.1, 0.15) is 22.6 Å². The van der Waals surface area contributed by atoms with Gasteiger partial charge >= 0.3 is 0 Å². The third-order valence-corrected chi connectivity index (χ3v) is 4.83. The zero-order valence-corrected chi connectivity index (χ0v) is 15.1. The second-order valence-corrected chi connectivity index (χ2v) is 6.55. The Morgan fingerprint density at radius 1 is 1.22 bits per heavy atom. The molecule has 2 heterocycles. The number of hydrogen-bond donors (Lipinski definition) is 1. The van der Waals surface area contributed by atoms with Gasteiger partial charge in [0.05, 0.1) is 22.9 Å². The van der Waals surface area contributed by atoms with Crippen molar-refractivity contribution in [2.75, 3.05) is 6.54 Å². The third kappa shape index (κ3) is 3.01. The fraction of sp³-hybridized carbons (Fsp3) is 0.158. The number of halogens is 1. The van der Waals surface area contributed by atoms with Crippen LogP contribution in [-0.2, 0) is 13.0 Å². The van der Waals surface area contributed by atoms with Crippen molar-refractivity contribution in [2.24, 2.45) is 10.7 Å². The summed E-state index contributed by atoms with van der Waals surface area (Å²) in [6.07, 6.45) is 2.42. The van der Waals surface area contributed by atoms with Crippen molar-refractivity contribution in [3.63, 3.8) is 0 Å². The van der Waals surface area contributed by atoms with Gasteiger partial charge in [-0.2, -0.15) is 0 Å². The largest absolute Gasteiger partial charge is 0.330 e. The normalized spacial score (nSPS) is 12.7. The summed E-state index contributed by atoms with van der Waals surface area (Å²) in [5.74, 6) is 0.760. The predicted molar refractivity (Wildman–Crippen MR) is 104 cm³/mol. The van der Waals surface area contributed by atoms with Crippen molar-refractivity contribution in [1.82, 2.24) is 9.55 Å². The highest BCUT2D eigenvalue weighted by Crippen LogP contribution is 2.31. The molecule has 1 aliphatic rings. The van der Waals surface area contributed by atoms with Crippen LogP contribution in [0.25, 0.3) is 5.69 Å². The van der Waals surface area contributed by atoms with E-state index in [0.717, 1.165) is 22.8 Å². The fourth-order valence-corrected chi connectivity index (χ4v) is 3.53. The third-order valence-electron chi connectivity index (χ3n) is 4.50. The van der Waals surface area contributed by atoms with Gasteiger partial charge in [-0.15, -0.1) is 0 Å². The zero-order valence-electron chi connectivity index (χ0n) is 14.3. The summed E-state index contributed by atoms with van der Waals surface area (Å²) < 4.78 is 1.99. The number of nitro groups is 1. The van der Waals surface area contributed by atoms with E-state index in [-0.39, 0.29) is 5.69 Å². The summed E-state index contributed by atoms with van der Waals surface area (Å²) in [6, 6.07) is 12.1. The Kier molecular flexibility index (Phi) is 4.47. The predicted octanol–water partition coefficient (Wildman–Crippen LogP) is 3.29. The van der Waals surface area contributed by atoms with Crippen molar-refractivity contribution in [3.05, 3.63) is 86.4 Å². The lowest BCUT2D eigenvalue weighted by Crippen LogP contribution is -2.12. The summed E-state index contributed by atoms with van der Waals surface area (Å²) in [4.78, 5) is 20.1. The molecule has 2 N–H and O–H groups in total. The Bertz CT molecular complexity index is 1070. The topological polar surface area (TPSA) is 99.3 Å². The molecule has 7 nitrogen and oxygen atoms in total. The van der Waals surface area contributed by atoms with Gasteiger partial charge in [0, 0.05) is 46.6 Å². The van der Waals surface area contributed by atoms with E-state index in [2.05, 4.69) is 4.98 Å². The molecule has 0 saturated carbocycles. The maximum absolute atomic E-state index is 11.4. The molecule has 2 aromatic carbocycles. The molecule has 0 aliphatic carbocycles. The molecule has 136 valence electrons. The molecule has 3 aromatic rings. The first-order valence-corrected chi connectivity index (χ1v) is 8.82. The number of non-ortho nitro benzene ring substituents is 1. The zero-order chi connectivity index (χ0) is 19.0. The van der Waals surface area contributed by atoms with E-state index in [1.54, 1.807) is 24.4 Å². The average Bonchev–Trinajstić information content (AvgIpc) is 2.98. The molecule has 0 atom stereocenters. The van der Waals surface area contributed by atoms with Crippen LogP contribution in [0.4, 0.5) is 5.69 Å². The van der Waals surface area contributed by atoms with Crippen LogP contribution in [0.5, 0.6) is 0 Å².